The molecule has 0 spiro atoms. The van der Waals surface area contributed by atoms with Crippen LogP contribution in [0.15, 0.2) is 0 Å². The molecule has 1 aliphatic rings. The summed E-state index contributed by atoms with van der Waals surface area (Å²) in [4.78, 5) is 33.4. The second-order valence-electron chi connectivity index (χ2n) is 4.02. The van der Waals surface area contributed by atoms with Gasteiger partial charge in [-0.2, -0.15) is 0 Å². The minimum Gasteiger partial charge on any atom is -0.368 e. The van der Waals surface area contributed by atoms with E-state index in [2.05, 4.69) is 10.6 Å². The minimum atomic E-state index is -0.758. The molecule has 0 aromatic carbocycles. The van der Waals surface area contributed by atoms with Gasteiger partial charge in [0.15, 0.2) is 0 Å². The van der Waals surface area contributed by atoms with E-state index in [0.29, 0.717) is 6.54 Å². The van der Waals surface area contributed by atoms with Crippen LogP contribution in [0, 0.1) is 5.92 Å². The summed E-state index contributed by atoms with van der Waals surface area (Å²) in [6, 6.07) is -0.758. The van der Waals surface area contributed by atoms with Gasteiger partial charge in [-0.3, -0.25) is 14.4 Å². The lowest BCUT2D eigenvalue weighted by molar-refractivity contribution is -0.130. The van der Waals surface area contributed by atoms with Gasteiger partial charge < -0.3 is 16.4 Å². The van der Waals surface area contributed by atoms with Gasteiger partial charge in [0.25, 0.3) is 0 Å². The zero-order chi connectivity index (χ0) is 12.1. The number of hydrogen-bond donors (Lipinski definition) is 3. The van der Waals surface area contributed by atoms with Crippen molar-refractivity contribution in [2.45, 2.75) is 32.2 Å². The van der Waals surface area contributed by atoms with Crippen molar-refractivity contribution >= 4 is 17.7 Å². The summed E-state index contributed by atoms with van der Waals surface area (Å²) in [5.41, 5.74) is 5.16. The van der Waals surface area contributed by atoms with Gasteiger partial charge >= 0.3 is 0 Å². The fraction of sp³-hybridized carbons (Fsp3) is 0.700. The molecule has 1 fully saturated rings. The van der Waals surface area contributed by atoms with Crippen LogP contribution in [0.1, 0.15) is 26.2 Å². The number of rotatable bonds is 4. The predicted molar refractivity (Wildman–Crippen MR) is 57.1 cm³/mol. The third kappa shape index (κ3) is 3.52. The van der Waals surface area contributed by atoms with Gasteiger partial charge in [-0.1, -0.05) is 0 Å². The summed E-state index contributed by atoms with van der Waals surface area (Å²) >= 11 is 0. The van der Waals surface area contributed by atoms with E-state index in [1.807, 2.05) is 0 Å². The Morgan fingerprint density at radius 3 is 2.81 bits per heavy atom. The molecule has 0 radical (unpaired) electrons. The van der Waals surface area contributed by atoms with Crippen LogP contribution in [0.3, 0.4) is 0 Å². The van der Waals surface area contributed by atoms with Crippen molar-refractivity contribution in [2.75, 3.05) is 6.54 Å². The van der Waals surface area contributed by atoms with E-state index < -0.39 is 11.9 Å². The minimum absolute atomic E-state index is 0.0668. The fourth-order valence-electron chi connectivity index (χ4n) is 1.84. The van der Waals surface area contributed by atoms with Crippen LogP contribution in [-0.4, -0.2) is 30.3 Å². The lowest BCUT2D eigenvalue weighted by atomic mass is 9.91. The number of hydrogen-bond acceptors (Lipinski definition) is 3. The van der Waals surface area contributed by atoms with Gasteiger partial charge in [0.2, 0.25) is 17.7 Å². The second kappa shape index (κ2) is 5.48. The molecule has 0 aromatic rings. The van der Waals surface area contributed by atoms with E-state index >= 15 is 0 Å². The molecule has 3 amide bonds. The molecule has 1 saturated heterocycles. The van der Waals surface area contributed by atoms with Crippen molar-refractivity contribution in [1.82, 2.24) is 10.6 Å². The molecule has 1 aliphatic heterocycles. The topological polar surface area (TPSA) is 101 Å². The van der Waals surface area contributed by atoms with E-state index in [9.17, 15) is 14.4 Å². The summed E-state index contributed by atoms with van der Waals surface area (Å²) in [6.45, 7) is 1.99. The quantitative estimate of drug-likeness (QED) is 0.567. The molecular formula is C10H17N3O3. The summed E-state index contributed by atoms with van der Waals surface area (Å²) in [7, 11) is 0. The molecular weight excluding hydrogens is 210 g/mol. The highest BCUT2D eigenvalue weighted by molar-refractivity contribution is 5.87. The van der Waals surface area contributed by atoms with E-state index in [1.54, 1.807) is 0 Å². The summed E-state index contributed by atoms with van der Waals surface area (Å²) in [5.74, 6) is -1.23. The van der Waals surface area contributed by atoms with Gasteiger partial charge in [0.1, 0.15) is 6.04 Å². The molecule has 4 N–H and O–H groups in total. The first kappa shape index (κ1) is 12.5. The van der Waals surface area contributed by atoms with Crippen LogP contribution in [0.4, 0.5) is 0 Å². The zero-order valence-electron chi connectivity index (χ0n) is 9.29. The smallest absolute Gasteiger partial charge is 0.240 e. The maximum absolute atomic E-state index is 11.5. The lowest BCUT2D eigenvalue weighted by Gasteiger charge is -2.25. The molecule has 2 atom stereocenters. The number of amides is 3. The molecule has 90 valence electrons. The summed E-state index contributed by atoms with van der Waals surface area (Å²) < 4.78 is 0. The average molecular weight is 227 g/mol. The van der Waals surface area contributed by atoms with Gasteiger partial charge in [0, 0.05) is 19.4 Å². The third-order valence-corrected chi connectivity index (χ3v) is 2.64. The van der Waals surface area contributed by atoms with Crippen LogP contribution >= 0.6 is 0 Å². The van der Waals surface area contributed by atoms with Crippen LogP contribution < -0.4 is 16.4 Å². The third-order valence-electron chi connectivity index (χ3n) is 2.64. The van der Waals surface area contributed by atoms with Crippen molar-refractivity contribution in [3.05, 3.63) is 0 Å². The van der Waals surface area contributed by atoms with E-state index in [4.69, 9.17) is 5.73 Å². The van der Waals surface area contributed by atoms with E-state index in [1.165, 1.54) is 6.92 Å². The number of nitrogens with two attached hydrogens (primary N) is 1. The van der Waals surface area contributed by atoms with Crippen molar-refractivity contribution < 1.29 is 14.4 Å². The van der Waals surface area contributed by atoms with Gasteiger partial charge in [0.05, 0.1) is 0 Å². The highest BCUT2D eigenvalue weighted by Crippen LogP contribution is 2.17. The first-order valence-electron chi connectivity index (χ1n) is 5.35. The Kier molecular flexibility index (Phi) is 4.28. The van der Waals surface area contributed by atoms with Gasteiger partial charge in [-0.15, -0.1) is 0 Å². The van der Waals surface area contributed by atoms with Crippen molar-refractivity contribution in [3.8, 4) is 0 Å². The molecule has 0 bridgehead atoms. The molecule has 16 heavy (non-hydrogen) atoms. The normalized spacial score (nSPS) is 22.1. The van der Waals surface area contributed by atoms with Gasteiger partial charge in [-0.05, 0) is 19.3 Å². The fourth-order valence-corrected chi connectivity index (χ4v) is 1.84. The largest absolute Gasteiger partial charge is 0.368 e. The molecule has 0 saturated carbocycles. The number of nitrogens with one attached hydrogen (secondary N) is 2. The first-order valence-corrected chi connectivity index (χ1v) is 5.35. The summed E-state index contributed by atoms with van der Waals surface area (Å²) in [6.07, 6.45) is 1.90. The maximum atomic E-state index is 11.5. The predicted octanol–water partition coefficient (Wildman–Crippen LogP) is -1.11. The Balaban J connectivity index is 2.56. The maximum Gasteiger partial charge on any atom is 0.240 e. The number of primary amides is 1. The van der Waals surface area contributed by atoms with Gasteiger partial charge in [-0.25, -0.2) is 0 Å². The highest BCUT2D eigenvalue weighted by atomic mass is 16.2. The second-order valence-corrected chi connectivity index (χ2v) is 4.02. The van der Waals surface area contributed by atoms with Crippen LogP contribution in [0.25, 0.3) is 0 Å². The average Bonchev–Trinajstić information content (AvgIpc) is 2.19. The Hall–Kier alpha value is -1.59. The molecule has 1 heterocycles. The molecule has 0 aromatic heterocycles. The molecule has 0 unspecified atom stereocenters. The van der Waals surface area contributed by atoms with Crippen LogP contribution in [0.5, 0.6) is 0 Å². The van der Waals surface area contributed by atoms with E-state index in [-0.39, 0.29) is 24.2 Å². The molecule has 0 aliphatic carbocycles. The summed E-state index contributed by atoms with van der Waals surface area (Å²) in [5, 5.41) is 5.18. The van der Waals surface area contributed by atoms with Crippen molar-refractivity contribution in [1.29, 1.82) is 0 Å². The standard InChI is InChI=1S/C10H17N3O3/c1-6(14)13-8(9(11)15)5-7-3-2-4-12-10(7)16/h7-8H,2-5H2,1H3,(H2,11,15)(H,12,16)(H,13,14)/t7-,8-/m0/s1. The number of carbonyl (C=O) groups is 3. The lowest BCUT2D eigenvalue weighted by Crippen LogP contribution is -2.47. The first-order chi connectivity index (χ1) is 7.50. The van der Waals surface area contributed by atoms with Crippen LogP contribution in [-0.2, 0) is 14.4 Å². The molecule has 6 nitrogen and oxygen atoms in total. The SMILES string of the molecule is CC(=O)N[C@@H](C[C@@H]1CCCNC1=O)C(N)=O. The number of piperidine rings is 1. The molecule has 1 rings (SSSR count). The number of carbonyl (C=O) groups excluding carboxylic acids is 3. The Labute approximate surface area is 93.9 Å². The van der Waals surface area contributed by atoms with Crippen molar-refractivity contribution in [3.63, 3.8) is 0 Å². The monoisotopic (exact) mass is 227 g/mol. The van der Waals surface area contributed by atoms with Crippen LogP contribution in [0.2, 0.25) is 0 Å². The molecule has 6 heteroatoms. The Bertz CT molecular complexity index is 304. The van der Waals surface area contributed by atoms with E-state index in [0.717, 1.165) is 12.8 Å². The highest BCUT2D eigenvalue weighted by Gasteiger charge is 2.28. The Morgan fingerprint density at radius 1 is 1.62 bits per heavy atom. The zero-order valence-corrected chi connectivity index (χ0v) is 9.29. The Morgan fingerprint density at radius 2 is 2.31 bits per heavy atom. The van der Waals surface area contributed by atoms with Crippen molar-refractivity contribution in [2.24, 2.45) is 11.7 Å².